The Labute approximate surface area is 83.0 Å². The number of aromatic amines is 2. The van der Waals surface area contributed by atoms with E-state index in [9.17, 15) is 9.59 Å². The van der Waals surface area contributed by atoms with E-state index in [2.05, 4.69) is 15.1 Å². The topological polar surface area (TPSA) is 116 Å². The van der Waals surface area contributed by atoms with Gasteiger partial charge in [-0.05, 0) is 12.2 Å². The quantitative estimate of drug-likeness (QED) is 0.299. The van der Waals surface area contributed by atoms with Crippen LogP contribution in [0.5, 0.6) is 0 Å². The molecule has 0 aromatic carbocycles. The molecule has 0 radical (unpaired) electrons. The lowest BCUT2D eigenvalue weighted by molar-refractivity contribution is 0.249. The molecule has 14 heavy (non-hydrogen) atoms. The van der Waals surface area contributed by atoms with Crippen LogP contribution in [0.4, 0.5) is 4.79 Å². The average Bonchev–Trinajstić information content (AvgIpc) is 2.01. The van der Waals surface area contributed by atoms with Crippen molar-refractivity contribution in [1.82, 2.24) is 15.4 Å². The first-order valence-corrected chi connectivity index (χ1v) is 3.91. The van der Waals surface area contributed by atoms with E-state index in [1.54, 1.807) is 0 Å². The number of aromatic nitrogens is 2. The average molecular weight is 213 g/mol. The highest BCUT2D eigenvalue weighted by Crippen LogP contribution is 1.82. The number of amides is 2. The Kier molecular flexibility index (Phi) is 3.13. The zero-order valence-corrected chi connectivity index (χ0v) is 7.72. The molecular formula is C6H7N5O2S. The molecule has 0 fully saturated rings. The van der Waals surface area contributed by atoms with Crippen molar-refractivity contribution in [2.75, 3.05) is 0 Å². The van der Waals surface area contributed by atoms with Gasteiger partial charge in [-0.15, -0.1) is 0 Å². The first-order chi connectivity index (χ1) is 6.58. The molecule has 2 amide bonds. The van der Waals surface area contributed by atoms with E-state index in [0.29, 0.717) is 5.69 Å². The van der Waals surface area contributed by atoms with Crippen molar-refractivity contribution in [2.24, 2.45) is 10.8 Å². The molecule has 0 atom stereocenters. The third-order valence-corrected chi connectivity index (χ3v) is 1.36. The molecule has 1 rings (SSSR count). The summed E-state index contributed by atoms with van der Waals surface area (Å²) in [6.07, 6.45) is 1.22. The van der Waals surface area contributed by atoms with Crippen LogP contribution in [0.25, 0.3) is 0 Å². The van der Waals surface area contributed by atoms with Crippen molar-refractivity contribution in [3.63, 3.8) is 0 Å². The van der Waals surface area contributed by atoms with Gasteiger partial charge in [0.1, 0.15) is 0 Å². The molecule has 74 valence electrons. The van der Waals surface area contributed by atoms with Gasteiger partial charge in [-0.2, -0.15) is 5.10 Å². The number of urea groups is 1. The lowest BCUT2D eigenvalue weighted by Crippen LogP contribution is -2.24. The van der Waals surface area contributed by atoms with E-state index < -0.39 is 6.03 Å². The molecular weight excluding hydrogens is 206 g/mol. The van der Waals surface area contributed by atoms with Crippen molar-refractivity contribution in [3.05, 3.63) is 26.9 Å². The van der Waals surface area contributed by atoms with E-state index in [4.69, 9.17) is 18.0 Å². The van der Waals surface area contributed by atoms with Crippen LogP contribution in [0.2, 0.25) is 0 Å². The van der Waals surface area contributed by atoms with Crippen LogP contribution in [0.15, 0.2) is 16.0 Å². The number of hydrogen-bond acceptors (Lipinski definition) is 4. The number of primary amides is 1. The summed E-state index contributed by atoms with van der Waals surface area (Å²) in [7, 11) is 0. The van der Waals surface area contributed by atoms with Crippen LogP contribution < -0.4 is 16.7 Å². The van der Waals surface area contributed by atoms with Crippen LogP contribution in [0.3, 0.4) is 0 Å². The Morgan fingerprint density at radius 1 is 1.64 bits per heavy atom. The van der Waals surface area contributed by atoms with Crippen molar-refractivity contribution in [2.45, 2.75) is 0 Å². The summed E-state index contributed by atoms with van der Waals surface area (Å²) in [4.78, 5) is 26.1. The molecule has 0 aliphatic carbocycles. The Balaban J connectivity index is 2.87. The van der Waals surface area contributed by atoms with Gasteiger partial charge >= 0.3 is 6.03 Å². The largest absolute Gasteiger partial charge is 0.350 e. The third-order valence-electron chi connectivity index (χ3n) is 1.16. The van der Waals surface area contributed by atoms with Crippen LogP contribution in [0.1, 0.15) is 5.69 Å². The number of nitrogens with one attached hydrogen (secondary N) is 3. The molecule has 0 unspecified atom stereocenters. The highest BCUT2D eigenvalue weighted by molar-refractivity contribution is 7.71. The number of hydrogen-bond donors (Lipinski definition) is 4. The molecule has 8 heteroatoms. The molecule has 0 bridgehead atoms. The lowest BCUT2D eigenvalue weighted by atomic mass is 10.4. The van der Waals surface area contributed by atoms with E-state index >= 15 is 0 Å². The van der Waals surface area contributed by atoms with Gasteiger partial charge in [0, 0.05) is 6.07 Å². The molecule has 0 aliphatic heterocycles. The summed E-state index contributed by atoms with van der Waals surface area (Å²) in [5.41, 5.74) is 6.74. The monoisotopic (exact) mass is 213 g/mol. The summed E-state index contributed by atoms with van der Waals surface area (Å²) in [5.74, 6) is 0. The Hall–Kier alpha value is -1.96. The van der Waals surface area contributed by atoms with Gasteiger partial charge in [0.15, 0.2) is 4.77 Å². The van der Waals surface area contributed by atoms with Crippen molar-refractivity contribution >= 4 is 24.5 Å². The van der Waals surface area contributed by atoms with Gasteiger partial charge < -0.3 is 10.7 Å². The van der Waals surface area contributed by atoms with E-state index in [1.165, 1.54) is 12.3 Å². The second-order valence-electron chi connectivity index (χ2n) is 2.28. The number of hydrazone groups is 1. The van der Waals surface area contributed by atoms with Crippen molar-refractivity contribution < 1.29 is 4.79 Å². The summed E-state index contributed by atoms with van der Waals surface area (Å²) < 4.78 is 0.179. The van der Waals surface area contributed by atoms with Gasteiger partial charge in [0.25, 0.3) is 5.56 Å². The smallest absolute Gasteiger partial charge is 0.332 e. The fourth-order valence-electron chi connectivity index (χ4n) is 0.723. The summed E-state index contributed by atoms with van der Waals surface area (Å²) in [5, 5.41) is 3.44. The third kappa shape index (κ3) is 3.19. The molecule has 0 aliphatic rings. The number of carbonyl (C=O) groups excluding carboxylic acids is 1. The van der Waals surface area contributed by atoms with Crippen molar-refractivity contribution in [1.29, 1.82) is 0 Å². The van der Waals surface area contributed by atoms with Gasteiger partial charge in [-0.3, -0.25) is 9.78 Å². The van der Waals surface area contributed by atoms with Crippen molar-refractivity contribution in [3.8, 4) is 0 Å². The minimum absolute atomic E-state index is 0.179. The van der Waals surface area contributed by atoms with Gasteiger partial charge in [-0.1, -0.05) is 0 Å². The molecule has 0 saturated heterocycles. The minimum atomic E-state index is -0.787. The molecule has 5 N–H and O–H groups in total. The van der Waals surface area contributed by atoms with Gasteiger partial charge in [-0.25, -0.2) is 10.2 Å². The first kappa shape index (κ1) is 10.1. The fourth-order valence-corrected chi connectivity index (χ4v) is 0.941. The standard InChI is InChI=1S/C6H7N5O2S/c7-5(13)11-8-2-3-1-4(12)10-6(14)9-3/h1-2H,(H3,7,11,13)(H2,9,10,12,14)/b8-2+. The molecule has 1 aromatic rings. The maximum absolute atomic E-state index is 10.9. The number of H-pyrrole nitrogens is 2. The first-order valence-electron chi connectivity index (χ1n) is 3.50. The number of nitrogens with zero attached hydrogens (tertiary/aromatic N) is 1. The molecule has 7 nitrogen and oxygen atoms in total. The zero-order valence-electron chi connectivity index (χ0n) is 6.90. The highest BCUT2D eigenvalue weighted by atomic mass is 32.1. The lowest BCUT2D eigenvalue weighted by Gasteiger charge is -1.92. The summed E-state index contributed by atoms with van der Waals surface area (Å²) >= 11 is 4.70. The van der Waals surface area contributed by atoms with E-state index in [1.807, 2.05) is 5.43 Å². The summed E-state index contributed by atoms with van der Waals surface area (Å²) in [6, 6.07) is 0.451. The molecule has 1 heterocycles. The fraction of sp³-hybridized carbons (Fsp3) is 0. The predicted octanol–water partition coefficient (Wildman–Crippen LogP) is -0.565. The number of carbonyl (C=O) groups is 1. The second-order valence-corrected chi connectivity index (χ2v) is 2.69. The number of nitrogens with two attached hydrogens (primary N) is 1. The minimum Gasteiger partial charge on any atom is -0.350 e. The summed E-state index contributed by atoms with van der Waals surface area (Å²) in [6.45, 7) is 0. The molecule has 0 spiro atoms. The van der Waals surface area contributed by atoms with Crippen LogP contribution in [-0.2, 0) is 0 Å². The van der Waals surface area contributed by atoms with Crippen LogP contribution in [-0.4, -0.2) is 22.2 Å². The Morgan fingerprint density at radius 2 is 2.36 bits per heavy atom. The zero-order chi connectivity index (χ0) is 10.6. The van der Waals surface area contributed by atoms with E-state index in [-0.39, 0.29) is 10.3 Å². The SMILES string of the molecule is NC(=O)N/N=C/c1cc(=O)[nH]c(=S)[nH]1. The second kappa shape index (κ2) is 4.33. The maximum Gasteiger partial charge on any atom is 0.332 e. The van der Waals surface area contributed by atoms with Crippen LogP contribution in [0, 0.1) is 4.77 Å². The number of rotatable bonds is 2. The molecule has 1 aromatic heterocycles. The van der Waals surface area contributed by atoms with E-state index in [0.717, 1.165) is 0 Å². The van der Waals surface area contributed by atoms with Gasteiger partial charge in [0.2, 0.25) is 0 Å². The highest BCUT2D eigenvalue weighted by Gasteiger charge is 1.90. The van der Waals surface area contributed by atoms with Gasteiger partial charge in [0.05, 0.1) is 11.9 Å². The Bertz CT molecular complexity index is 445. The maximum atomic E-state index is 10.9. The predicted molar refractivity (Wildman–Crippen MR) is 52.6 cm³/mol. The molecule has 0 saturated carbocycles. The Morgan fingerprint density at radius 3 is 2.93 bits per heavy atom. The normalized spacial score (nSPS) is 10.3. The van der Waals surface area contributed by atoms with Crippen LogP contribution >= 0.6 is 12.2 Å².